The van der Waals surface area contributed by atoms with Crippen LogP contribution in [0.5, 0.6) is 5.75 Å². The van der Waals surface area contributed by atoms with Gasteiger partial charge in [-0.15, -0.1) is 24.0 Å². The van der Waals surface area contributed by atoms with Crippen LogP contribution in [0.4, 0.5) is 0 Å². The van der Waals surface area contributed by atoms with Crippen LogP contribution in [0.3, 0.4) is 0 Å². The maximum Gasteiger partial charge on any atom is 0.191 e. The molecule has 0 spiro atoms. The summed E-state index contributed by atoms with van der Waals surface area (Å²) in [5.41, 5.74) is 1.33. The first-order valence-electron chi connectivity index (χ1n) is 9.69. The van der Waals surface area contributed by atoms with Crippen LogP contribution in [0.25, 0.3) is 0 Å². The van der Waals surface area contributed by atoms with E-state index in [2.05, 4.69) is 34.6 Å². The number of nitrogens with one attached hydrogen (secondary N) is 2. The molecule has 0 bridgehead atoms. The number of aryl methyl sites for hydroxylation is 1. The lowest BCUT2D eigenvalue weighted by Crippen LogP contribution is -2.42. The van der Waals surface area contributed by atoms with E-state index in [1.54, 1.807) is 7.11 Å². The van der Waals surface area contributed by atoms with Gasteiger partial charge < -0.3 is 20.3 Å². The number of halogens is 1. The summed E-state index contributed by atoms with van der Waals surface area (Å²) in [5.74, 6) is 1.85. The first-order chi connectivity index (χ1) is 12.3. The lowest BCUT2D eigenvalue weighted by atomic mass is 10.1. The van der Waals surface area contributed by atoms with E-state index in [1.165, 1.54) is 37.9 Å². The standard InChI is InChI=1S/C20H34N4O.HI/c1-3-21-20(23-14-17-24-15-5-4-6-16-24)22-13-7-8-18-9-11-19(25-2)12-10-18;/h9-12H,3-8,13-17H2,1-2H3,(H2,21,22,23);1H. The minimum atomic E-state index is 0. The highest BCUT2D eigenvalue weighted by molar-refractivity contribution is 14.0. The number of nitrogens with zero attached hydrogens (tertiary/aromatic N) is 2. The third-order valence-electron chi connectivity index (χ3n) is 4.57. The minimum absolute atomic E-state index is 0. The summed E-state index contributed by atoms with van der Waals surface area (Å²) in [4.78, 5) is 7.24. The zero-order valence-electron chi connectivity index (χ0n) is 16.3. The Hall–Kier alpha value is -1.02. The number of aliphatic imine (C=N–C) groups is 1. The molecule has 0 saturated carbocycles. The van der Waals surface area contributed by atoms with Crippen LogP contribution < -0.4 is 15.4 Å². The van der Waals surface area contributed by atoms with E-state index < -0.39 is 0 Å². The van der Waals surface area contributed by atoms with Crippen molar-refractivity contribution < 1.29 is 4.74 Å². The molecule has 6 heteroatoms. The molecule has 0 amide bonds. The second kappa shape index (κ2) is 14.1. The number of piperidine rings is 1. The van der Waals surface area contributed by atoms with Gasteiger partial charge in [0.05, 0.1) is 7.11 Å². The van der Waals surface area contributed by atoms with Crippen molar-refractivity contribution in [3.63, 3.8) is 0 Å². The highest BCUT2D eigenvalue weighted by Crippen LogP contribution is 2.12. The van der Waals surface area contributed by atoms with Crippen LogP contribution in [0.15, 0.2) is 29.3 Å². The van der Waals surface area contributed by atoms with Crippen molar-refractivity contribution >= 4 is 29.9 Å². The monoisotopic (exact) mass is 474 g/mol. The van der Waals surface area contributed by atoms with Gasteiger partial charge in [-0.2, -0.15) is 0 Å². The summed E-state index contributed by atoms with van der Waals surface area (Å²) < 4.78 is 5.19. The predicted octanol–water partition coefficient (Wildman–Crippen LogP) is 3.29. The lowest BCUT2D eigenvalue weighted by molar-refractivity contribution is 0.232. The number of hydrogen-bond acceptors (Lipinski definition) is 3. The summed E-state index contributed by atoms with van der Waals surface area (Å²) in [6, 6.07) is 8.30. The Morgan fingerprint density at radius 3 is 2.50 bits per heavy atom. The number of rotatable bonds is 9. The zero-order chi connectivity index (χ0) is 17.7. The third-order valence-corrected chi connectivity index (χ3v) is 4.57. The van der Waals surface area contributed by atoms with Gasteiger partial charge in [-0.05, 0) is 63.4 Å². The van der Waals surface area contributed by atoms with Crippen molar-refractivity contribution in [1.29, 1.82) is 0 Å². The SMILES string of the molecule is CCNC(=NCCCc1ccc(OC)cc1)NCCN1CCCCC1.I. The van der Waals surface area contributed by atoms with E-state index in [1.807, 2.05) is 12.1 Å². The summed E-state index contributed by atoms with van der Waals surface area (Å²) in [6.07, 6.45) is 6.18. The van der Waals surface area contributed by atoms with Crippen LogP contribution in [-0.4, -0.2) is 57.2 Å². The van der Waals surface area contributed by atoms with Gasteiger partial charge in [-0.3, -0.25) is 4.99 Å². The molecule has 0 unspecified atom stereocenters. The molecule has 1 aromatic rings. The van der Waals surface area contributed by atoms with Crippen molar-refractivity contribution in [3.8, 4) is 5.75 Å². The van der Waals surface area contributed by atoms with Crippen molar-refractivity contribution in [2.45, 2.75) is 39.0 Å². The van der Waals surface area contributed by atoms with Crippen LogP contribution in [0, 0.1) is 0 Å². The molecule has 2 rings (SSSR count). The molecule has 1 aromatic carbocycles. The van der Waals surface area contributed by atoms with E-state index in [9.17, 15) is 0 Å². The Morgan fingerprint density at radius 1 is 1.12 bits per heavy atom. The normalized spacial score (nSPS) is 15.2. The Balaban J connectivity index is 0.00000338. The van der Waals surface area contributed by atoms with Crippen molar-refractivity contribution in [2.24, 2.45) is 4.99 Å². The van der Waals surface area contributed by atoms with Crippen LogP contribution in [-0.2, 0) is 6.42 Å². The number of hydrogen-bond donors (Lipinski definition) is 2. The van der Waals surface area contributed by atoms with Gasteiger partial charge in [0, 0.05) is 26.2 Å². The Kier molecular flexibility index (Phi) is 12.5. The second-order valence-corrected chi connectivity index (χ2v) is 6.54. The predicted molar refractivity (Wildman–Crippen MR) is 121 cm³/mol. The van der Waals surface area contributed by atoms with Gasteiger partial charge in [0.1, 0.15) is 5.75 Å². The fourth-order valence-corrected chi connectivity index (χ4v) is 3.12. The van der Waals surface area contributed by atoms with Gasteiger partial charge in [-0.25, -0.2) is 0 Å². The summed E-state index contributed by atoms with van der Waals surface area (Å²) in [7, 11) is 1.70. The van der Waals surface area contributed by atoms with Gasteiger partial charge in [0.25, 0.3) is 0 Å². The van der Waals surface area contributed by atoms with E-state index in [-0.39, 0.29) is 24.0 Å². The van der Waals surface area contributed by atoms with Crippen LogP contribution in [0.1, 0.15) is 38.2 Å². The smallest absolute Gasteiger partial charge is 0.191 e. The third kappa shape index (κ3) is 9.07. The fourth-order valence-electron chi connectivity index (χ4n) is 3.12. The molecule has 1 fully saturated rings. The van der Waals surface area contributed by atoms with Crippen molar-refractivity contribution in [3.05, 3.63) is 29.8 Å². The maximum atomic E-state index is 5.19. The number of methoxy groups -OCH3 is 1. The molecule has 148 valence electrons. The molecule has 5 nitrogen and oxygen atoms in total. The minimum Gasteiger partial charge on any atom is -0.497 e. The lowest BCUT2D eigenvalue weighted by Gasteiger charge is -2.26. The molecule has 1 aliphatic heterocycles. The van der Waals surface area contributed by atoms with Crippen molar-refractivity contribution in [1.82, 2.24) is 15.5 Å². The van der Waals surface area contributed by atoms with Gasteiger partial charge in [-0.1, -0.05) is 18.6 Å². The Morgan fingerprint density at radius 2 is 1.85 bits per heavy atom. The molecule has 0 aliphatic carbocycles. The summed E-state index contributed by atoms with van der Waals surface area (Å²) in [5, 5.41) is 6.80. The van der Waals surface area contributed by atoms with E-state index >= 15 is 0 Å². The van der Waals surface area contributed by atoms with Gasteiger partial charge in [0.15, 0.2) is 5.96 Å². The second-order valence-electron chi connectivity index (χ2n) is 6.54. The van der Waals surface area contributed by atoms with E-state index in [4.69, 9.17) is 9.73 Å². The average molecular weight is 474 g/mol. The van der Waals surface area contributed by atoms with Gasteiger partial charge in [0.2, 0.25) is 0 Å². The van der Waals surface area contributed by atoms with E-state index in [0.717, 1.165) is 50.7 Å². The van der Waals surface area contributed by atoms with Crippen LogP contribution in [0.2, 0.25) is 0 Å². The molecule has 1 aliphatic rings. The highest BCUT2D eigenvalue weighted by atomic mass is 127. The zero-order valence-corrected chi connectivity index (χ0v) is 18.6. The average Bonchev–Trinajstić information content (AvgIpc) is 2.66. The Labute approximate surface area is 176 Å². The first kappa shape index (κ1) is 23.0. The number of guanidine groups is 1. The highest BCUT2D eigenvalue weighted by Gasteiger charge is 2.09. The fraction of sp³-hybridized carbons (Fsp3) is 0.650. The summed E-state index contributed by atoms with van der Waals surface area (Å²) in [6.45, 7) is 8.41. The van der Waals surface area contributed by atoms with Crippen molar-refractivity contribution in [2.75, 3.05) is 46.4 Å². The Bertz CT molecular complexity index is 501. The molecule has 1 saturated heterocycles. The van der Waals surface area contributed by atoms with Gasteiger partial charge >= 0.3 is 0 Å². The molecule has 1 heterocycles. The largest absolute Gasteiger partial charge is 0.497 e. The quantitative estimate of drug-likeness (QED) is 0.250. The number of ether oxygens (including phenoxy) is 1. The molecular weight excluding hydrogens is 439 g/mol. The molecular formula is C20H35IN4O. The topological polar surface area (TPSA) is 48.9 Å². The maximum absolute atomic E-state index is 5.19. The molecule has 0 atom stereocenters. The molecule has 0 radical (unpaired) electrons. The number of likely N-dealkylation sites (tertiary alicyclic amines) is 1. The summed E-state index contributed by atoms with van der Waals surface area (Å²) >= 11 is 0. The number of benzene rings is 1. The molecule has 0 aromatic heterocycles. The van der Waals surface area contributed by atoms with Crippen LogP contribution >= 0.6 is 24.0 Å². The van der Waals surface area contributed by atoms with E-state index in [0.29, 0.717) is 0 Å². The molecule has 2 N–H and O–H groups in total. The first-order valence-corrected chi connectivity index (χ1v) is 9.69. The molecule has 26 heavy (non-hydrogen) atoms.